The Morgan fingerprint density at radius 1 is 1.33 bits per heavy atom. The first-order chi connectivity index (χ1) is 8.49. The number of ether oxygens (including phenoxy) is 2. The molecule has 0 atom stereocenters. The first kappa shape index (κ1) is 13.4. The zero-order chi connectivity index (χ0) is 13.7. The van der Waals surface area contributed by atoms with Gasteiger partial charge in [0.2, 0.25) is 5.03 Å². The molecule has 0 heterocycles. The van der Waals surface area contributed by atoms with Crippen LogP contribution in [0.3, 0.4) is 0 Å². The predicted octanol–water partition coefficient (Wildman–Crippen LogP) is 1.17. The van der Waals surface area contributed by atoms with Crippen LogP contribution in [0, 0.1) is 10.1 Å². The smallest absolute Gasteiger partial charge is 0.493 e. The number of methoxy groups -OCH3 is 2. The molecule has 0 aliphatic rings. The van der Waals surface area contributed by atoms with Crippen molar-refractivity contribution in [3.8, 4) is 17.2 Å². The topological polar surface area (TPSA) is 111 Å². The van der Waals surface area contributed by atoms with Crippen LogP contribution in [0.1, 0.15) is 0 Å². The van der Waals surface area contributed by atoms with Crippen molar-refractivity contribution in [3.63, 3.8) is 0 Å². The van der Waals surface area contributed by atoms with Crippen LogP contribution in [0.2, 0.25) is 0 Å². The van der Waals surface area contributed by atoms with Crippen molar-refractivity contribution < 1.29 is 29.2 Å². The molecule has 0 radical (unpaired) electrons. The van der Waals surface area contributed by atoms with Gasteiger partial charge in [0.1, 0.15) is 0 Å². The van der Waals surface area contributed by atoms with Crippen LogP contribution in [-0.2, 0) is 0 Å². The Morgan fingerprint density at radius 2 is 1.94 bits per heavy atom. The molecule has 18 heavy (non-hydrogen) atoms. The molecule has 9 nitrogen and oxygen atoms in total. The number of carbonyl (C=O) groups is 1. The highest BCUT2D eigenvalue weighted by Gasteiger charge is 2.27. The molecule has 0 fully saturated rings. The number of hydrogen-bond donors (Lipinski definition) is 1. The average molecular weight is 258 g/mol. The van der Waals surface area contributed by atoms with Gasteiger partial charge in [-0.25, -0.2) is 14.9 Å². The van der Waals surface area contributed by atoms with E-state index in [1.165, 1.54) is 32.4 Å². The molecule has 9 heteroatoms. The van der Waals surface area contributed by atoms with Gasteiger partial charge in [-0.15, -0.1) is 0 Å². The number of nitrogens with zero attached hydrogens (tertiary/aromatic N) is 2. The Balaban J connectivity index is 2.97. The molecule has 1 N–H and O–H groups in total. The van der Waals surface area contributed by atoms with Crippen LogP contribution >= 0.6 is 0 Å². The van der Waals surface area contributed by atoms with Crippen molar-refractivity contribution in [1.29, 1.82) is 0 Å². The normalized spacial score (nSPS) is 9.44. The minimum Gasteiger partial charge on any atom is -0.493 e. The number of hydroxylamine groups is 1. The molecule has 0 bridgehead atoms. The Kier molecular flexibility index (Phi) is 4.13. The highest BCUT2D eigenvalue weighted by Crippen LogP contribution is 2.31. The molecule has 98 valence electrons. The lowest BCUT2D eigenvalue weighted by Gasteiger charge is -2.11. The Bertz CT molecular complexity index is 448. The van der Waals surface area contributed by atoms with Crippen molar-refractivity contribution in [2.24, 2.45) is 0 Å². The Morgan fingerprint density at radius 3 is 2.39 bits per heavy atom. The first-order valence-electron chi connectivity index (χ1n) is 4.57. The molecule has 0 saturated heterocycles. The van der Waals surface area contributed by atoms with Crippen molar-refractivity contribution in [2.75, 3.05) is 14.2 Å². The van der Waals surface area contributed by atoms with E-state index in [1.807, 2.05) is 0 Å². The SMILES string of the molecule is COc1ccc(ON(C(=O)O)[N+](=O)[O-])cc1OC. The molecular weight excluding hydrogens is 248 g/mol. The molecule has 0 aliphatic heterocycles. The molecule has 0 saturated carbocycles. The number of hydrogen-bond acceptors (Lipinski definition) is 6. The van der Waals surface area contributed by atoms with Crippen LogP contribution in [0.4, 0.5) is 4.79 Å². The van der Waals surface area contributed by atoms with Gasteiger partial charge < -0.3 is 19.4 Å². The van der Waals surface area contributed by atoms with Gasteiger partial charge in [-0.2, -0.15) is 0 Å². The third-order valence-corrected chi connectivity index (χ3v) is 1.86. The van der Waals surface area contributed by atoms with Gasteiger partial charge in [0, 0.05) is 6.07 Å². The van der Waals surface area contributed by atoms with Crippen LogP contribution in [-0.4, -0.2) is 35.6 Å². The lowest BCUT2D eigenvalue weighted by Crippen LogP contribution is -2.37. The maximum atomic E-state index is 10.5. The summed E-state index contributed by atoms with van der Waals surface area (Å²) in [5.41, 5.74) is 0. The second-order valence-corrected chi connectivity index (χ2v) is 2.90. The molecule has 1 rings (SSSR count). The molecule has 0 unspecified atom stereocenters. The van der Waals surface area contributed by atoms with Gasteiger partial charge in [-0.3, -0.25) is 0 Å². The van der Waals surface area contributed by atoms with Gasteiger partial charge in [0.05, 0.1) is 14.2 Å². The number of carboxylic acid groups (broad SMARTS) is 1. The number of benzene rings is 1. The van der Waals surface area contributed by atoms with Crippen molar-refractivity contribution in [2.45, 2.75) is 0 Å². The summed E-state index contributed by atoms with van der Waals surface area (Å²) >= 11 is 0. The summed E-state index contributed by atoms with van der Waals surface area (Å²) in [7, 11) is 2.78. The summed E-state index contributed by atoms with van der Waals surface area (Å²) in [6, 6.07) is 3.99. The van der Waals surface area contributed by atoms with E-state index in [0.717, 1.165) is 0 Å². The number of rotatable bonds is 5. The van der Waals surface area contributed by atoms with E-state index in [-0.39, 0.29) is 11.5 Å². The van der Waals surface area contributed by atoms with Crippen LogP contribution < -0.4 is 14.3 Å². The molecule has 0 aliphatic carbocycles. The van der Waals surface area contributed by atoms with E-state index < -0.39 is 16.3 Å². The van der Waals surface area contributed by atoms with Crippen LogP contribution in [0.25, 0.3) is 0 Å². The standard InChI is InChI=1S/C9H10N2O7/c1-16-7-4-3-6(5-8(7)17-2)18-10(9(12)13)11(14)15/h3-5H,1-2H3,(H,12,13). The summed E-state index contributed by atoms with van der Waals surface area (Å²) in [6.07, 6.45) is -1.85. The molecule has 0 spiro atoms. The van der Waals surface area contributed by atoms with E-state index >= 15 is 0 Å². The number of nitro groups is 1. The lowest BCUT2D eigenvalue weighted by atomic mass is 10.3. The van der Waals surface area contributed by atoms with Crippen LogP contribution in [0.5, 0.6) is 17.2 Å². The quantitative estimate of drug-likeness (QED) is 0.623. The van der Waals surface area contributed by atoms with E-state index in [4.69, 9.17) is 14.6 Å². The van der Waals surface area contributed by atoms with E-state index in [2.05, 4.69) is 4.84 Å². The second-order valence-electron chi connectivity index (χ2n) is 2.90. The molecule has 1 aromatic rings. The van der Waals surface area contributed by atoms with Gasteiger partial charge in [-0.1, -0.05) is 0 Å². The molecular formula is C9H10N2O7. The second kappa shape index (κ2) is 5.57. The first-order valence-corrected chi connectivity index (χ1v) is 4.57. The van der Waals surface area contributed by atoms with Gasteiger partial charge in [0.25, 0.3) is 0 Å². The third kappa shape index (κ3) is 2.90. The lowest BCUT2D eigenvalue weighted by molar-refractivity contribution is -0.694. The van der Waals surface area contributed by atoms with Gasteiger partial charge in [-0.05, 0) is 12.1 Å². The molecule has 1 amide bonds. The monoisotopic (exact) mass is 258 g/mol. The fraction of sp³-hybridized carbons (Fsp3) is 0.222. The maximum absolute atomic E-state index is 10.5. The summed E-state index contributed by atoms with van der Waals surface area (Å²) in [5.74, 6) is 0.559. The number of hydrazine groups is 1. The summed E-state index contributed by atoms with van der Waals surface area (Å²) in [4.78, 5) is 25.5. The van der Waals surface area contributed by atoms with Gasteiger partial charge in [0.15, 0.2) is 22.4 Å². The molecule has 1 aromatic carbocycles. The predicted molar refractivity (Wildman–Crippen MR) is 57.0 cm³/mol. The summed E-state index contributed by atoms with van der Waals surface area (Å²) in [6.45, 7) is 0. The van der Waals surface area contributed by atoms with E-state index in [1.54, 1.807) is 0 Å². The Labute approximate surface area is 101 Å². The summed E-state index contributed by atoms with van der Waals surface area (Å²) < 4.78 is 9.89. The highest BCUT2D eigenvalue weighted by molar-refractivity contribution is 5.62. The third-order valence-electron chi connectivity index (χ3n) is 1.86. The van der Waals surface area contributed by atoms with E-state index in [0.29, 0.717) is 5.75 Å². The van der Waals surface area contributed by atoms with E-state index in [9.17, 15) is 14.9 Å². The zero-order valence-corrected chi connectivity index (χ0v) is 9.52. The van der Waals surface area contributed by atoms with Crippen LogP contribution in [0.15, 0.2) is 18.2 Å². The zero-order valence-electron chi connectivity index (χ0n) is 9.52. The minimum atomic E-state index is -1.85. The number of amides is 1. The van der Waals surface area contributed by atoms with Crippen molar-refractivity contribution >= 4 is 6.09 Å². The largest absolute Gasteiger partial charge is 0.507 e. The average Bonchev–Trinajstić information content (AvgIpc) is 2.34. The highest BCUT2D eigenvalue weighted by atomic mass is 16.9. The van der Waals surface area contributed by atoms with Crippen molar-refractivity contribution in [1.82, 2.24) is 5.17 Å². The maximum Gasteiger partial charge on any atom is 0.507 e. The van der Waals surface area contributed by atoms with Crippen molar-refractivity contribution in [3.05, 3.63) is 28.3 Å². The fourth-order valence-corrected chi connectivity index (χ4v) is 1.12. The molecule has 0 aromatic heterocycles. The fourth-order valence-electron chi connectivity index (χ4n) is 1.12. The summed E-state index contributed by atoms with van der Waals surface area (Å²) in [5, 5.41) is 17.3. The minimum absolute atomic E-state index is 0.0771. The van der Waals surface area contributed by atoms with Gasteiger partial charge >= 0.3 is 6.09 Å². The Hall–Kier alpha value is -2.71.